The van der Waals surface area contributed by atoms with E-state index >= 15 is 0 Å². The molecule has 0 saturated heterocycles. The second-order valence-electron chi connectivity index (χ2n) is 6.08. The van der Waals surface area contributed by atoms with Gasteiger partial charge in [0.2, 0.25) is 16.9 Å². The zero-order chi connectivity index (χ0) is 20.2. The SMILES string of the molecule is CC(Sc1nnc(COc2ccc(F)cc2)n1N)c1nnc(-c2ccccc2)o1. The summed E-state index contributed by atoms with van der Waals surface area (Å²) >= 11 is 1.34. The molecule has 1 atom stereocenters. The summed E-state index contributed by atoms with van der Waals surface area (Å²) in [7, 11) is 0. The van der Waals surface area contributed by atoms with E-state index in [1.54, 1.807) is 0 Å². The summed E-state index contributed by atoms with van der Waals surface area (Å²) in [5.74, 6) is 7.60. The van der Waals surface area contributed by atoms with Crippen LogP contribution in [0.2, 0.25) is 0 Å². The van der Waals surface area contributed by atoms with Crippen LogP contribution in [0.25, 0.3) is 11.5 Å². The third-order valence-corrected chi connectivity index (χ3v) is 5.05. The van der Waals surface area contributed by atoms with E-state index in [0.29, 0.717) is 28.5 Å². The molecule has 2 aromatic heterocycles. The highest BCUT2D eigenvalue weighted by Gasteiger charge is 2.20. The Balaban J connectivity index is 1.41. The molecule has 0 spiro atoms. The highest BCUT2D eigenvalue weighted by molar-refractivity contribution is 7.99. The molecule has 0 aliphatic carbocycles. The standard InChI is InChI=1S/C19H17FN6O2S/c1-12(17-23-24-18(28-17)13-5-3-2-4-6-13)29-19-25-22-16(26(19)21)11-27-15-9-7-14(20)8-10-15/h2-10,12H,11,21H2,1H3. The zero-order valence-corrected chi connectivity index (χ0v) is 16.2. The number of ether oxygens (including phenoxy) is 1. The molecule has 1 unspecified atom stereocenters. The molecule has 0 fully saturated rings. The van der Waals surface area contributed by atoms with Crippen molar-refractivity contribution in [3.8, 4) is 17.2 Å². The topological polar surface area (TPSA) is 105 Å². The Labute approximate surface area is 169 Å². The number of hydrogen-bond donors (Lipinski definition) is 1. The molecule has 29 heavy (non-hydrogen) atoms. The summed E-state index contributed by atoms with van der Waals surface area (Å²) in [4.78, 5) is 0. The molecule has 0 bridgehead atoms. The molecule has 0 aliphatic heterocycles. The van der Waals surface area contributed by atoms with Crippen LogP contribution in [0.3, 0.4) is 0 Å². The average Bonchev–Trinajstić information content (AvgIpc) is 3.37. The van der Waals surface area contributed by atoms with Crippen molar-refractivity contribution in [3.63, 3.8) is 0 Å². The fraction of sp³-hybridized carbons (Fsp3) is 0.158. The average molecular weight is 412 g/mol. The van der Waals surface area contributed by atoms with Gasteiger partial charge in [0.1, 0.15) is 18.2 Å². The predicted octanol–water partition coefficient (Wildman–Crippen LogP) is 3.61. The largest absolute Gasteiger partial charge is 0.486 e. The van der Waals surface area contributed by atoms with Gasteiger partial charge in [0.15, 0.2) is 5.82 Å². The van der Waals surface area contributed by atoms with Crippen molar-refractivity contribution in [2.75, 3.05) is 5.84 Å². The summed E-state index contributed by atoms with van der Waals surface area (Å²) in [5, 5.41) is 16.7. The fourth-order valence-corrected chi connectivity index (χ4v) is 3.29. The monoisotopic (exact) mass is 412 g/mol. The van der Waals surface area contributed by atoms with E-state index in [2.05, 4.69) is 20.4 Å². The van der Waals surface area contributed by atoms with Crippen molar-refractivity contribution in [1.82, 2.24) is 25.1 Å². The third kappa shape index (κ3) is 4.37. The zero-order valence-electron chi connectivity index (χ0n) is 15.4. The van der Waals surface area contributed by atoms with Gasteiger partial charge in [-0.25, -0.2) is 9.07 Å². The molecule has 2 N–H and O–H groups in total. The number of aromatic nitrogens is 5. The first-order valence-corrected chi connectivity index (χ1v) is 9.61. The van der Waals surface area contributed by atoms with Crippen LogP contribution in [0.15, 0.2) is 64.2 Å². The Bertz CT molecular complexity index is 1080. The van der Waals surface area contributed by atoms with Crippen LogP contribution in [0.4, 0.5) is 4.39 Å². The maximum Gasteiger partial charge on any atom is 0.247 e. The second-order valence-corrected chi connectivity index (χ2v) is 7.39. The maximum absolute atomic E-state index is 13.0. The molecule has 148 valence electrons. The summed E-state index contributed by atoms with van der Waals surface area (Å²) in [6.45, 7) is 2.01. The fourth-order valence-electron chi connectivity index (χ4n) is 2.47. The number of nitrogen functional groups attached to an aromatic ring is 1. The van der Waals surface area contributed by atoms with E-state index in [0.717, 1.165) is 5.56 Å². The van der Waals surface area contributed by atoms with Gasteiger partial charge < -0.3 is 15.0 Å². The summed E-state index contributed by atoms with van der Waals surface area (Å²) in [6.07, 6.45) is 0. The van der Waals surface area contributed by atoms with Crippen molar-refractivity contribution in [2.24, 2.45) is 0 Å². The van der Waals surface area contributed by atoms with Crippen molar-refractivity contribution in [3.05, 3.63) is 72.1 Å². The second kappa shape index (κ2) is 8.31. The predicted molar refractivity (Wildman–Crippen MR) is 105 cm³/mol. The van der Waals surface area contributed by atoms with Crippen molar-refractivity contribution in [1.29, 1.82) is 0 Å². The molecule has 4 aromatic rings. The summed E-state index contributed by atoms with van der Waals surface area (Å²) in [5.41, 5.74) is 0.852. The van der Waals surface area contributed by atoms with Crippen LogP contribution in [0, 0.1) is 5.82 Å². The van der Waals surface area contributed by atoms with Crippen LogP contribution in [0.5, 0.6) is 5.75 Å². The van der Waals surface area contributed by atoms with E-state index in [9.17, 15) is 4.39 Å². The normalized spacial score (nSPS) is 12.1. The lowest BCUT2D eigenvalue weighted by Gasteiger charge is -2.08. The van der Waals surface area contributed by atoms with Crippen molar-refractivity contribution in [2.45, 2.75) is 23.9 Å². The Hall–Kier alpha value is -3.40. The van der Waals surface area contributed by atoms with E-state index in [1.807, 2.05) is 37.3 Å². The molecule has 4 rings (SSSR count). The molecule has 0 amide bonds. The van der Waals surface area contributed by atoms with Gasteiger partial charge in [-0.1, -0.05) is 30.0 Å². The molecule has 0 aliphatic rings. The lowest BCUT2D eigenvalue weighted by molar-refractivity contribution is 0.291. The van der Waals surface area contributed by atoms with Crippen LogP contribution in [-0.2, 0) is 6.61 Å². The highest BCUT2D eigenvalue weighted by Crippen LogP contribution is 2.33. The van der Waals surface area contributed by atoms with Gasteiger partial charge in [0.25, 0.3) is 0 Å². The smallest absolute Gasteiger partial charge is 0.247 e. The summed E-state index contributed by atoms with van der Waals surface area (Å²) < 4.78 is 25.6. The van der Waals surface area contributed by atoms with Crippen molar-refractivity contribution < 1.29 is 13.5 Å². The Morgan fingerprint density at radius 3 is 2.59 bits per heavy atom. The first-order valence-electron chi connectivity index (χ1n) is 8.73. The first kappa shape index (κ1) is 18.9. The summed E-state index contributed by atoms with van der Waals surface area (Å²) in [6, 6.07) is 15.2. The molecular formula is C19H17FN6O2S. The molecule has 10 heteroatoms. The van der Waals surface area contributed by atoms with Crippen molar-refractivity contribution >= 4 is 11.8 Å². The van der Waals surface area contributed by atoms with Gasteiger partial charge in [0, 0.05) is 5.56 Å². The maximum atomic E-state index is 13.0. The lowest BCUT2D eigenvalue weighted by atomic mass is 10.2. The van der Waals surface area contributed by atoms with E-state index in [4.69, 9.17) is 15.0 Å². The van der Waals surface area contributed by atoms with Crippen LogP contribution >= 0.6 is 11.8 Å². The highest BCUT2D eigenvalue weighted by atomic mass is 32.2. The minimum Gasteiger partial charge on any atom is -0.486 e. The molecule has 2 aromatic carbocycles. The van der Waals surface area contributed by atoms with Gasteiger partial charge in [-0.05, 0) is 43.3 Å². The first-order chi connectivity index (χ1) is 14.1. The molecule has 8 nitrogen and oxygen atoms in total. The van der Waals surface area contributed by atoms with Gasteiger partial charge in [0.05, 0.1) is 5.25 Å². The number of hydrogen-bond acceptors (Lipinski definition) is 8. The Morgan fingerprint density at radius 1 is 1.07 bits per heavy atom. The number of nitrogens with zero attached hydrogens (tertiary/aromatic N) is 5. The Kier molecular flexibility index (Phi) is 5.43. The van der Waals surface area contributed by atoms with Gasteiger partial charge in [-0.15, -0.1) is 20.4 Å². The molecule has 0 radical (unpaired) electrons. The quantitative estimate of drug-likeness (QED) is 0.363. The van der Waals surface area contributed by atoms with E-state index in [1.165, 1.54) is 40.7 Å². The molecular weight excluding hydrogens is 395 g/mol. The van der Waals surface area contributed by atoms with Crippen LogP contribution < -0.4 is 10.6 Å². The number of nitrogens with two attached hydrogens (primary N) is 1. The van der Waals surface area contributed by atoms with Gasteiger partial charge in [-0.3, -0.25) is 0 Å². The minimum atomic E-state index is -0.330. The Morgan fingerprint density at radius 2 is 1.83 bits per heavy atom. The van der Waals surface area contributed by atoms with Gasteiger partial charge in [-0.2, -0.15) is 0 Å². The molecule has 2 heterocycles. The number of halogens is 1. The van der Waals surface area contributed by atoms with E-state index in [-0.39, 0.29) is 17.7 Å². The third-order valence-electron chi connectivity index (χ3n) is 4.01. The lowest BCUT2D eigenvalue weighted by Crippen LogP contribution is -2.16. The van der Waals surface area contributed by atoms with Gasteiger partial charge >= 0.3 is 0 Å². The number of rotatable bonds is 7. The minimum absolute atomic E-state index is 0.1000. The number of thioether (sulfide) groups is 1. The molecule has 0 saturated carbocycles. The van der Waals surface area contributed by atoms with E-state index < -0.39 is 0 Å². The van der Waals surface area contributed by atoms with Crippen LogP contribution in [-0.4, -0.2) is 25.1 Å². The number of benzene rings is 2. The van der Waals surface area contributed by atoms with Crippen LogP contribution in [0.1, 0.15) is 23.9 Å².